The van der Waals surface area contributed by atoms with Crippen molar-refractivity contribution in [2.75, 3.05) is 6.54 Å². The molecule has 1 aliphatic carbocycles. The van der Waals surface area contributed by atoms with Crippen LogP contribution in [0, 0.1) is 5.92 Å². The number of hydrogen-bond donors (Lipinski definition) is 1. The summed E-state index contributed by atoms with van der Waals surface area (Å²) in [5, 5.41) is 1.05. The third-order valence-electron chi connectivity index (χ3n) is 5.52. The van der Waals surface area contributed by atoms with E-state index in [0.29, 0.717) is 17.5 Å². The number of fused-ring (bicyclic) bond motifs is 1. The smallest absolute Gasteiger partial charge is 0.261 e. The lowest BCUT2D eigenvalue weighted by molar-refractivity contribution is 0.273. The monoisotopic (exact) mass is 336 g/mol. The van der Waals surface area contributed by atoms with Crippen molar-refractivity contribution in [3.63, 3.8) is 0 Å². The van der Waals surface area contributed by atoms with Crippen molar-refractivity contribution in [2.24, 2.45) is 18.7 Å². The molecule has 0 saturated heterocycles. The summed E-state index contributed by atoms with van der Waals surface area (Å²) in [6.45, 7) is 0.734. The standard InChI is InChI=1S/C20H24N4O/c1-23-18-8-3-2-6-15(18)12-17(20(23)25)19-22-9-10-24(19)16-7-4-5-14(11-16)13-21/h2-3,6,8-10,12,14,16H,4-5,7,11,13,21H2,1H3/t14-,16+/m0/s1. The molecule has 0 aliphatic heterocycles. The quantitative estimate of drug-likeness (QED) is 0.799. The molecule has 1 saturated carbocycles. The Kier molecular flexibility index (Phi) is 4.17. The van der Waals surface area contributed by atoms with Gasteiger partial charge in [0.05, 0.1) is 11.1 Å². The molecule has 4 rings (SSSR count). The Bertz CT molecular complexity index is 956. The van der Waals surface area contributed by atoms with E-state index in [4.69, 9.17) is 5.73 Å². The predicted molar refractivity (Wildman–Crippen MR) is 100 cm³/mol. The number of nitrogens with two attached hydrogens (primary N) is 1. The molecular formula is C20H24N4O. The van der Waals surface area contributed by atoms with Crippen LogP contribution in [0.25, 0.3) is 22.3 Å². The Balaban J connectivity index is 1.82. The molecule has 2 aromatic heterocycles. The van der Waals surface area contributed by atoms with Crippen LogP contribution in [-0.2, 0) is 7.05 Å². The largest absolute Gasteiger partial charge is 0.330 e. The highest BCUT2D eigenvalue weighted by molar-refractivity contribution is 5.83. The van der Waals surface area contributed by atoms with Gasteiger partial charge in [-0.2, -0.15) is 0 Å². The third kappa shape index (κ3) is 2.78. The Morgan fingerprint density at radius 2 is 2.12 bits per heavy atom. The van der Waals surface area contributed by atoms with Crippen molar-refractivity contribution in [1.29, 1.82) is 0 Å². The zero-order chi connectivity index (χ0) is 17.4. The number of aromatic nitrogens is 3. The first-order valence-corrected chi connectivity index (χ1v) is 9.01. The molecule has 0 amide bonds. The maximum Gasteiger partial charge on any atom is 0.261 e. The van der Waals surface area contributed by atoms with Crippen LogP contribution >= 0.6 is 0 Å². The fraction of sp³-hybridized carbons (Fsp3) is 0.400. The summed E-state index contributed by atoms with van der Waals surface area (Å²) in [7, 11) is 1.83. The van der Waals surface area contributed by atoms with E-state index >= 15 is 0 Å². The lowest BCUT2D eigenvalue weighted by Crippen LogP contribution is -2.26. The van der Waals surface area contributed by atoms with Crippen LogP contribution in [0.3, 0.4) is 0 Å². The van der Waals surface area contributed by atoms with Crippen LogP contribution in [0.2, 0.25) is 0 Å². The van der Waals surface area contributed by atoms with E-state index < -0.39 is 0 Å². The Morgan fingerprint density at radius 3 is 2.96 bits per heavy atom. The molecule has 0 spiro atoms. The first kappa shape index (κ1) is 16.1. The molecule has 2 N–H and O–H groups in total. The van der Waals surface area contributed by atoms with Gasteiger partial charge < -0.3 is 14.9 Å². The second-order valence-corrected chi connectivity index (χ2v) is 7.06. The summed E-state index contributed by atoms with van der Waals surface area (Å²) in [6, 6.07) is 10.3. The summed E-state index contributed by atoms with van der Waals surface area (Å²) < 4.78 is 3.90. The van der Waals surface area contributed by atoms with Crippen molar-refractivity contribution in [3.05, 3.63) is 53.1 Å². The van der Waals surface area contributed by atoms with Gasteiger partial charge in [-0.05, 0) is 49.2 Å². The normalized spacial score (nSPS) is 20.9. The number of imidazole rings is 1. The molecule has 5 heteroatoms. The van der Waals surface area contributed by atoms with Gasteiger partial charge in [-0.3, -0.25) is 4.79 Å². The molecule has 1 fully saturated rings. The van der Waals surface area contributed by atoms with Gasteiger partial charge in [0.25, 0.3) is 5.56 Å². The molecule has 5 nitrogen and oxygen atoms in total. The van der Waals surface area contributed by atoms with E-state index in [1.807, 2.05) is 43.6 Å². The van der Waals surface area contributed by atoms with E-state index in [-0.39, 0.29) is 5.56 Å². The molecule has 2 atom stereocenters. The Morgan fingerprint density at radius 1 is 1.28 bits per heavy atom. The van der Waals surface area contributed by atoms with Crippen LogP contribution in [-0.4, -0.2) is 20.7 Å². The van der Waals surface area contributed by atoms with Crippen molar-refractivity contribution in [3.8, 4) is 11.4 Å². The van der Waals surface area contributed by atoms with Crippen LogP contribution in [0.4, 0.5) is 0 Å². The second kappa shape index (κ2) is 6.48. The zero-order valence-corrected chi connectivity index (χ0v) is 14.6. The van der Waals surface area contributed by atoms with Gasteiger partial charge in [-0.25, -0.2) is 4.98 Å². The van der Waals surface area contributed by atoms with E-state index in [0.717, 1.165) is 36.1 Å². The average molecular weight is 336 g/mol. The summed E-state index contributed by atoms with van der Waals surface area (Å²) in [5.74, 6) is 1.34. The molecular weight excluding hydrogens is 312 g/mol. The van der Waals surface area contributed by atoms with Crippen LogP contribution in [0.1, 0.15) is 31.7 Å². The lowest BCUT2D eigenvalue weighted by Gasteiger charge is -2.30. The Hall–Kier alpha value is -2.40. The fourth-order valence-corrected chi connectivity index (χ4v) is 4.13. The highest BCUT2D eigenvalue weighted by Gasteiger charge is 2.25. The molecule has 130 valence electrons. The molecule has 3 aromatic rings. The Labute approximate surface area is 147 Å². The van der Waals surface area contributed by atoms with Gasteiger partial charge in [-0.15, -0.1) is 0 Å². The van der Waals surface area contributed by atoms with Gasteiger partial charge in [-0.1, -0.05) is 24.6 Å². The number of nitrogens with zero attached hydrogens (tertiary/aromatic N) is 3. The van der Waals surface area contributed by atoms with E-state index in [9.17, 15) is 4.79 Å². The lowest BCUT2D eigenvalue weighted by atomic mass is 9.85. The van der Waals surface area contributed by atoms with Gasteiger partial charge in [0.15, 0.2) is 0 Å². The van der Waals surface area contributed by atoms with Crippen molar-refractivity contribution in [2.45, 2.75) is 31.7 Å². The third-order valence-corrected chi connectivity index (χ3v) is 5.52. The highest BCUT2D eigenvalue weighted by atomic mass is 16.1. The fourth-order valence-electron chi connectivity index (χ4n) is 4.13. The summed E-state index contributed by atoms with van der Waals surface area (Å²) in [4.78, 5) is 17.5. The summed E-state index contributed by atoms with van der Waals surface area (Å²) >= 11 is 0. The van der Waals surface area contributed by atoms with Gasteiger partial charge in [0.1, 0.15) is 5.82 Å². The average Bonchev–Trinajstić information content (AvgIpc) is 3.14. The molecule has 0 radical (unpaired) electrons. The van der Waals surface area contributed by atoms with E-state index in [1.165, 1.54) is 12.8 Å². The number of benzene rings is 1. The minimum Gasteiger partial charge on any atom is -0.330 e. The molecule has 1 aromatic carbocycles. The van der Waals surface area contributed by atoms with Crippen molar-refractivity contribution in [1.82, 2.24) is 14.1 Å². The van der Waals surface area contributed by atoms with Gasteiger partial charge in [0.2, 0.25) is 0 Å². The first-order chi connectivity index (χ1) is 12.2. The number of para-hydroxylation sites is 1. The number of aryl methyl sites for hydroxylation is 1. The van der Waals surface area contributed by atoms with Gasteiger partial charge >= 0.3 is 0 Å². The molecule has 0 bridgehead atoms. The number of hydrogen-bond acceptors (Lipinski definition) is 3. The minimum atomic E-state index is -0.00247. The van der Waals surface area contributed by atoms with Crippen molar-refractivity contribution >= 4 is 10.9 Å². The van der Waals surface area contributed by atoms with E-state index in [2.05, 4.69) is 9.55 Å². The molecule has 25 heavy (non-hydrogen) atoms. The first-order valence-electron chi connectivity index (χ1n) is 9.01. The summed E-state index contributed by atoms with van der Waals surface area (Å²) in [5.41, 5.74) is 7.50. The van der Waals surface area contributed by atoms with Crippen LogP contribution in [0.15, 0.2) is 47.5 Å². The van der Waals surface area contributed by atoms with Gasteiger partial charge in [0, 0.05) is 25.5 Å². The maximum atomic E-state index is 12.9. The zero-order valence-electron chi connectivity index (χ0n) is 14.6. The van der Waals surface area contributed by atoms with Crippen LogP contribution in [0.5, 0.6) is 0 Å². The maximum absolute atomic E-state index is 12.9. The number of rotatable bonds is 3. The molecule has 0 unspecified atom stereocenters. The predicted octanol–water partition coefficient (Wildman–Crippen LogP) is 3.09. The minimum absolute atomic E-state index is 0.00247. The van der Waals surface area contributed by atoms with Crippen LogP contribution < -0.4 is 11.3 Å². The van der Waals surface area contributed by atoms with E-state index in [1.54, 1.807) is 10.8 Å². The SMILES string of the molecule is Cn1c(=O)c(-c2nccn2[C@@H]2CCC[C@H](CN)C2)cc2ccccc21. The topological polar surface area (TPSA) is 65.8 Å². The highest BCUT2D eigenvalue weighted by Crippen LogP contribution is 2.34. The number of pyridine rings is 1. The molecule has 2 heterocycles. The summed E-state index contributed by atoms with van der Waals surface area (Å²) in [6.07, 6.45) is 8.37. The second-order valence-electron chi connectivity index (χ2n) is 7.06. The van der Waals surface area contributed by atoms with Crippen molar-refractivity contribution < 1.29 is 0 Å². The molecule has 1 aliphatic rings.